The topological polar surface area (TPSA) is 71.8 Å². The summed E-state index contributed by atoms with van der Waals surface area (Å²) in [5.41, 5.74) is 4.08. The average molecular weight is 427 g/mol. The molecule has 7 heteroatoms. The Bertz CT molecular complexity index is 961. The Morgan fingerprint density at radius 3 is 2.87 bits per heavy atom. The van der Waals surface area contributed by atoms with E-state index in [-0.39, 0.29) is 11.8 Å². The number of aryl methyl sites for hydroxylation is 1. The van der Waals surface area contributed by atoms with Gasteiger partial charge in [0.05, 0.1) is 38.2 Å². The SMILES string of the molecule is O=c1nc(OCC2COCCO2)cc2n1CCc1cc(COC3CCCCC3)ccc1-2. The van der Waals surface area contributed by atoms with Crippen LogP contribution >= 0.6 is 0 Å². The van der Waals surface area contributed by atoms with Gasteiger partial charge in [-0.2, -0.15) is 4.98 Å². The standard InChI is InChI=1S/C24H30N2O5/c27-24-25-23(31-16-20-15-28-10-11-29-20)13-22-21-7-6-17(12-18(21)8-9-26(22)24)14-30-19-4-2-1-3-5-19/h6-7,12-13,19-20H,1-5,8-11,14-16H2. The molecule has 1 unspecified atom stereocenters. The fourth-order valence-electron chi connectivity index (χ4n) is 4.68. The van der Waals surface area contributed by atoms with Crippen molar-refractivity contribution in [3.8, 4) is 17.1 Å². The molecule has 3 heterocycles. The van der Waals surface area contributed by atoms with Crippen LogP contribution in [0.5, 0.6) is 5.88 Å². The van der Waals surface area contributed by atoms with Crippen molar-refractivity contribution >= 4 is 0 Å². The van der Waals surface area contributed by atoms with E-state index in [0.717, 1.165) is 17.7 Å². The molecule has 0 N–H and O–H groups in total. The summed E-state index contributed by atoms with van der Waals surface area (Å²) < 4.78 is 24.7. The zero-order valence-electron chi connectivity index (χ0n) is 17.9. The summed E-state index contributed by atoms with van der Waals surface area (Å²) in [4.78, 5) is 16.7. The van der Waals surface area contributed by atoms with Crippen molar-refractivity contribution < 1.29 is 18.9 Å². The van der Waals surface area contributed by atoms with Gasteiger partial charge in [-0.05, 0) is 30.4 Å². The van der Waals surface area contributed by atoms with E-state index in [9.17, 15) is 4.79 Å². The quantitative estimate of drug-likeness (QED) is 0.707. The van der Waals surface area contributed by atoms with Crippen molar-refractivity contribution in [3.63, 3.8) is 0 Å². The number of hydrogen-bond donors (Lipinski definition) is 0. The highest BCUT2D eigenvalue weighted by Gasteiger charge is 2.21. The second-order valence-corrected chi connectivity index (χ2v) is 8.61. The number of hydrogen-bond acceptors (Lipinski definition) is 6. The van der Waals surface area contributed by atoms with Gasteiger partial charge < -0.3 is 18.9 Å². The van der Waals surface area contributed by atoms with Crippen LogP contribution in [0.15, 0.2) is 29.1 Å². The van der Waals surface area contributed by atoms with E-state index in [1.807, 2.05) is 6.07 Å². The number of ether oxygens (including phenoxy) is 4. The Balaban J connectivity index is 1.31. The summed E-state index contributed by atoms with van der Waals surface area (Å²) in [6.07, 6.45) is 7.32. The zero-order valence-corrected chi connectivity index (χ0v) is 17.9. The molecule has 2 aromatic rings. The molecule has 1 aromatic carbocycles. The summed E-state index contributed by atoms with van der Waals surface area (Å²) >= 11 is 0. The molecular weight excluding hydrogens is 396 g/mol. The molecule has 5 rings (SSSR count). The third-order valence-corrected chi connectivity index (χ3v) is 6.38. The molecule has 166 valence electrons. The monoisotopic (exact) mass is 426 g/mol. The highest BCUT2D eigenvalue weighted by Crippen LogP contribution is 2.31. The molecule has 1 atom stereocenters. The van der Waals surface area contributed by atoms with Crippen molar-refractivity contribution in [1.29, 1.82) is 0 Å². The molecule has 1 aliphatic carbocycles. The van der Waals surface area contributed by atoms with E-state index in [4.69, 9.17) is 18.9 Å². The minimum atomic E-state index is -0.274. The third-order valence-electron chi connectivity index (χ3n) is 6.38. The van der Waals surface area contributed by atoms with Crippen LogP contribution < -0.4 is 10.4 Å². The van der Waals surface area contributed by atoms with Crippen LogP contribution in [0.2, 0.25) is 0 Å². The van der Waals surface area contributed by atoms with E-state index < -0.39 is 0 Å². The first-order valence-corrected chi connectivity index (χ1v) is 11.4. The Labute approximate surface area is 182 Å². The van der Waals surface area contributed by atoms with Crippen LogP contribution in [0.1, 0.15) is 43.2 Å². The minimum Gasteiger partial charge on any atom is -0.475 e. The molecule has 2 aliphatic heterocycles. The van der Waals surface area contributed by atoms with Crippen LogP contribution in [0.4, 0.5) is 0 Å². The lowest BCUT2D eigenvalue weighted by Gasteiger charge is -2.25. The van der Waals surface area contributed by atoms with E-state index in [2.05, 4.69) is 23.2 Å². The van der Waals surface area contributed by atoms with Crippen molar-refractivity contribution in [3.05, 3.63) is 45.9 Å². The highest BCUT2D eigenvalue weighted by atomic mass is 16.6. The maximum absolute atomic E-state index is 12.6. The first-order chi connectivity index (χ1) is 15.3. The van der Waals surface area contributed by atoms with Gasteiger partial charge in [0.2, 0.25) is 5.88 Å². The van der Waals surface area contributed by atoms with Gasteiger partial charge in [-0.15, -0.1) is 0 Å². The first-order valence-electron chi connectivity index (χ1n) is 11.4. The van der Waals surface area contributed by atoms with Gasteiger partial charge in [-0.25, -0.2) is 4.79 Å². The van der Waals surface area contributed by atoms with Gasteiger partial charge in [0.15, 0.2) is 0 Å². The van der Waals surface area contributed by atoms with Gasteiger partial charge in [-0.3, -0.25) is 4.57 Å². The fourth-order valence-corrected chi connectivity index (χ4v) is 4.68. The van der Waals surface area contributed by atoms with E-state index in [0.29, 0.717) is 51.6 Å². The van der Waals surface area contributed by atoms with Crippen molar-refractivity contribution in [2.75, 3.05) is 26.4 Å². The van der Waals surface area contributed by atoms with Crippen molar-refractivity contribution in [2.45, 2.75) is 63.9 Å². The van der Waals surface area contributed by atoms with Crippen LogP contribution in [0, 0.1) is 0 Å². The Morgan fingerprint density at radius 2 is 2.03 bits per heavy atom. The molecule has 7 nitrogen and oxygen atoms in total. The first kappa shape index (κ1) is 20.7. The maximum Gasteiger partial charge on any atom is 0.351 e. The predicted molar refractivity (Wildman–Crippen MR) is 115 cm³/mol. The third kappa shape index (κ3) is 4.84. The summed E-state index contributed by atoms with van der Waals surface area (Å²) in [5.74, 6) is 0.336. The predicted octanol–water partition coefficient (Wildman–Crippen LogP) is 3.11. The maximum atomic E-state index is 12.6. The Kier molecular flexibility index (Phi) is 6.34. The lowest BCUT2D eigenvalue weighted by atomic mass is 9.95. The molecule has 1 saturated carbocycles. The number of fused-ring (bicyclic) bond motifs is 3. The summed E-state index contributed by atoms with van der Waals surface area (Å²) in [5, 5.41) is 0. The van der Waals surface area contributed by atoms with E-state index in [1.54, 1.807) is 4.57 Å². The largest absolute Gasteiger partial charge is 0.475 e. The molecule has 0 spiro atoms. The molecule has 3 aliphatic rings. The Hall–Kier alpha value is -2.22. The molecule has 31 heavy (non-hydrogen) atoms. The summed E-state index contributed by atoms with van der Waals surface area (Å²) in [6.45, 7) is 3.27. The number of rotatable bonds is 6. The lowest BCUT2D eigenvalue weighted by Crippen LogP contribution is -2.34. The van der Waals surface area contributed by atoms with Gasteiger partial charge in [0, 0.05) is 18.2 Å². The average Bonchev–Trinajstić information content (AvgIpc) is 2.82. The molecule has 0 radical (unpaired) electrons. The summed E-state index contributed by atoms with van der Waals surface area (Å²) in [7, 11) is 0. The van der Waals surface area contributed by atoms with Crippen LogP contribution in [0.3, 0.4) is 0 Å². The molecule has 0 bridgehead atoms. The lowest BCUT2D eigenvalue weighted by molar-refractivity contribution is -0.102. The normalized spacial score (nSPS) is 21.4. The van der Waals surface area contributed by atoms with Crippen molar-refractivity contribution in [1.82, 2.24) is 9.55 Å². The van der Waals surface area contributed by atoms with Crippen molar-refractivity contribution in [2.24, 2.45) is 0 Å². The minimum absolute atomic E-state index is 0.131. The van der Waals surface area contributed by atoms with Gasteiger partial charge in [-0.1, -0.05) is 37.5 Å². The van der Waals surface area contributed by atoms with Crippen LogP contribution in [-0.2, 0) is 33.8 Å². The molecule has 0 amide bonds. The van der Waals surface area contributed by atoms with Gasteiger partial charge >= 0.3 is 5.69 Å². The number of benzene rings is 1. The molecule has 2 fully saturated rings. The molecule has 1 saturated heterocycles. The van der Waals surface area contributed by atoms with E-state index >= 15 is 0 Å². The molecule has 1 aromatic heterocycles. The highest BCUT2D eigenvalue weighted by molar-refractivity contribution is 5.67. The number of nitrogens with zero attached hydrogens (tertiary/aromatic N) is 2. The van der Waals surface area contributed by atoms with Gasteiger partial charge in [0.25, 0.3) is 0 Å². The van der Waals surface area contributed by atoms with E-state index in [1.165, 1.54) is 43.2 Å². The number of aromatic nitrogens is 2. The summed E-state index contributed by atoms with van der Waals surface area (Å²) in [6, 6.07) is 8.29. The smallest absolute Gasteiger partial charge is 0.351 e. The zero-order chi connectivity index (χ0) is 21.0. The van der Waals surface area contributed by atoms with Crippen LogP contribution in [0.25, 0.3) is 11.3 Å². The Morgan fingerprint density at radius 1 is 1.13 bits per heavy atom. The van der Waals surface area contributed by atoms with Gasteiger partial charge in [0.1, 0.15) is 12.7 Å². The second kappa shape index (κ2) is 9.51. The fraction of sp³-hybridized carbons (Fsp3) is 0.583. The molecular formula is C24H30N2O5. The van der Waals surface area contributed by atoms with Crippen LogP contribution in [-0.4, -0.2) is 48.2 Å². The second-order valence-electron chi connectivity index (χ2n) is 8.61.